The number of alkyl halides is 3. The first-order valence-electron chi connectivity index (χ1n) is 11.4. The minimum atomic E-state index is -4.46. The number of ether oxygens (including phenoxy) is 1. The number of fused-ring (bicyclic) bond motifs is 1. The van der Waals surface area contributed by atoms with Crippen LogP contribution in [-0.4, -0.2) is 46.8 Å². The predicted octanol–water partition coefficient (Wildman–Crippen LogP) is 6.13. The van der Waals surface area contributed by atoms with Gasteiger partial charge in [0.2, 0.25) is 0 Å². The summed E-state index contributed by atoms with van der Waals surface area (Å²) in [6.07, 6.45) is -1.41. The van der Waals surface area contributed by atoms with E-state index < -0.39 is 11.7 Å². The minimum absolute atomic E-state index is 0.0791. The molecule has 1 aromatic heterocycles. The summed E-state index contributed by atoms with van der Waals surface area (Å²) in [5.74, 6) is -0.348. The topological polar surface area (TPSA) is 64.4 Å². The fraction of sp³-hybridized carbons (Fsp3) is 0.400. The van der Waals surface area contributed by atoms with Crippen LogP contribution in [-0.2, 0) is 22.3 Å². The van der Waals surface area contributed by atoms with Crippen LogP contribution < -0.4 is 0 Å². The number of hydrogen-bond acceptors (Lipinski definition) is 4. The number of carbonyl (C=O) groups excluding carboxylic acids is 2. The normalized spacial score (nSPS) is 14.9. The van der Waals surface area contributed by atoms with Gasteiger partial charge in [0, 0.05) is 35.5 Å². The van der Waals surface area contributed by atoms with Crippen LogP contribution in [0.1, 0.15) is 46.3 Å². The fourth-order valence-electron chi connectivity index (χ4n) is 4.62. The van der Waals surface area contributed by atoms with Crippen molar-refractivity contribution < 1.29 is 27.5 Å². The first-order chi connectivity index (χ1) is 17.0. The van der Waals surface area contributed by atoms with E-state index in [-0.39, 0.29) is 34.9 Å². The van der Waals surface area contributed by atoms with Crippen molar-refractivity contribution in [2.75, 3.05) is 20.2 Å². The summed E-state index contributed by atoms with van der Waals surface area (Å²) in [5.41, 5.74) is 0.932. The zero-order valence-electron chi connectivity index (χ0n) is 19.7. The molecule has 1 saturated heterocycles. The van der Waals surface area contributed by atoms with Crippen molar-refractivity contribution in [2.24, 2.45) is 5.92 Å². The standard InChI is InChI=1S/C25H24Cl2F3N3O3/c1-14-9-17(25(28,29)30)11-16-12-31-33(23(14)16)13-19-20(26)4-3-18(22(19)27)24(35)32-7-5-15(6-8-32)10-21(34)36-2/h3-4,9,11-12,15H,5-8,10,13H2,1-2H3. The predicted molar refractivity (Wildman–Crippen MR) is 130 cm³/mol. The molecule has 2 aromatic carbocycles. The van der Waals surface area contributed by atoms with Gasteiger partial charge in [-0.3, -0.25) is 14.3 Å². The number of benzene rings is 2. The summed E-state index contributed by atoms with van der Waals surface area (Å²) in [7, 11) is 1.36. The summed E-state index contributed by atoms with van der Waals surface area (Å²) in [6, 6.07) is 5.28. The number of aryl methyl sites for hydroxylation is 1. The maximum absolute atomic E-state index is 13.2. The Morgan fingerprint density at radius 1 is 1.17 bits per heavy atom. The summed E-state index contributed by atoms with van der Waals surface area (Å²) in [4.78, 5) is 26.5. The number of amides is 1. The third kappa shape index (κ3) is 5.32. The summed E-state index contributed by atoms with van der Waals surface area (Å²) in [5, 5.41) is 5.10. The molecule has 1 fully saturated rings. The lowest BCUT2D eigenvalue weighted by molar-refractivity contribution is -0.142. The minimum Gasteiger partial charge on any atom is -0.469 e. The molecule has 0 atom stereocenters. The van der Waals surface area contributed by atoms with Gasteiger partial charge in [0.1, 0.15) is 0 Å². The van der Waals surface area contributed by atoms with E-state index in [9.17, 15) is 22.8 Å². The molecule has 0 N–H and O–H groups in total. The summed E-state index contributed by atoms with van der Waals surface area (Å²) >= 11 is 13.1. The van der Waals surface area contributed by atoms with E-state index in [0.29, 0.717) is 59.4 Å². The van der Waals surface area contributed by atoms with E-state index in [1.165, 1.54) is 18.0 Å². The Balaban J connectivity index is 1.57. The molecule has 0 saturated carbocycles. The number of halogens is 5. The van der Waals surface area contributed by atoms with Crippen molar-refractivity contribution in [3.05, 3.63) is 62.8 Å². The van der Waals surface area contributed by atoms with Gasteiger partial charge in [-0.1, -0.05) is 23.2 Å². The van der Waals surface area contributed by atoms with Gasteiger partial charge in [0.15, 0.2) is 0 Å². The van der Waals surface area contributed by atoms with Crippen molar-refractivity contribution in [2.45, 2.75) is 38.9 Å². The van der Waals surface area contributed by atoms with Crippen LogP contribution in [0.4, 0.5) is 13.2 Å². The van der Waals surface area contributed by atoms with E-state index in [4.69, 9.17) is 27.9 Å². The molecule has 4 rings (SSSR count). The zero-order chi connectivity index (χ0) is 26.2. The Hall–Kier alpha value is -2.78. The lowest BCUT2D eigenvalue weighted by atomic mass is 9.93. The van der Waals surface area contributed by atoms with Gasteiger partial charge in [0.05, 0.1) is 41.5 Å². The second kappa shape index (κ2) is 10.3. The van der Waals surface area contributed by atoms with Crippen molar-refractivity contribution in [3.63, 3.8) is 0 Å². The lowest BCUT2D eigenvalue weighted by Crippen LogP contribution is -2.39. The van der Waals surface area contributed by atoms with Gasteiger partial charge in [-0.25, -0.2) is 0 Å². The van der Waals surface area contributed by atoms with Crippen LogP contribution in [0.3, 0.4) is 0 Å². The molecule has 0 unspecified atom stereocenters. The van der Waals surface area contributed by atoms with Crippen LogP contribution in [0, 0.1) is 12.8 Å². The number of rotatable bonds is 5. The highest BCUT2D eigenvalue weighted by Gasteiger charge is 2.32. The van der Waals surface area contributed by atoms with E-state index >= 15 is 0 Å². The third-order valence-corrected chi connectivity index (χ3v) is 7.35. The van der Waals surface area contributed by atoms with Gasteiger partial charge < -0.3 is 9.64 Å². The maximum atomic E-state index is 13.2. The highest BCUT2D eigenvalue weighted by Crippen LogP contribution is 2.35. The van der Waals surface area contributed by atoms with Crippen LogP contribution in [0.5, 0.6) is 0 Å². The van der Waals surface area contributed by atoms with E-state index in [0.717, 1.165) is 12.1 Å². The van der Waals surface area contributed by atoms with Gasteiger partial charge in [-0.05, 0) is 55.5 Å². The molecule has 192 valence electrons. The van der Waals surface area contributed by atoms with Crippen molar-refractivity contribution in [1.29, 1.82) is 0 Å². The molecular formula is C25H24Cl2F3N3O3. The molecular weight excluding hydrogens is 518 g/mol. The van der Waals surface area contributed by atoms with Gasteiger partial charge in [-0.2, -0.15) is 18.3 Å². The van der Waals surface area contributed by atoms with Crippen LogP contribution in [0.15, 0.2) is 30.5 Å². The molecule has 0 radical (unpaired) electrons. The van der Waals surface area contributed by atoms with Crippen molar-refractivity contribution in [1.82, 2.24) is 14.7 Å². The molecule has 36 heavy (non-hydrogen) atoms. The molecule has 2 heterocycles. The number of carbonyl (C=O) groups is 2. The monoisotopic (exact) mass is 541 g/mol. The molecule has 0 spiro atoms. The highest BCUT2D eigenvalue weighted by molar-refractivity contribution is 6.38. The Morgan fingerprint density at radius 3 is 2.50 bits per heavy atom. The molecule has 1 aliphatic heterocycles. The van der Waals surface area contributed by atoms with Crippen molar-refractivity contribution in [3.8, 4) is 0 Å². The number of methoxy groups -OCH3 is 1. The van der Waals surface area contributed by atoms with E-state index in [2.05, 4.69) is 5.10 Å². The van der Waals surface area contributed by atoms with E-state index in [1.54, 1.807) is 24.0 Å². The SMILES string of the molecule is COC(=O)CC1CCN(C(=O)c2ccc(Cl)c(Cn3ncc4cc(C(F)(F)F)cc(C)c43)c2Cl)CC1. The van der Waals surface area contributed by atoms with Gasteiger partial charge >= 0.3 is 12.1 Å². The fourth-order valence-corrected chi connectivity index (χ4v) is 5.19. The first-order valence-corrected chi connectivity index (χ1v) is 12.1. The number of likely N-dealkylation sites (tertiary alicyclic amines) is 1. The molecule has 0 aliphatic carbocycles. The number of piperidine rings is 1. The average molecular weight is 542 g/mol. The molecule has 6 nitrogen and oxygen atoms in total. The van der Waals surface area contributed by atoms with Gasteiger partial charge in [0.25, 0.3) is 5.91 Å². The Kier molecular flexibility index (Phi) is 7.52. The van der Waals surface area contributed by atoms with Crippen LogP contribution >= 0.6 is 23.2 Å². The van der Waals surface area contributed by atoms with E-state index in [1.807, 2.05) is 0 Å². The zero-order valence-corrected chi connectivity index (χ0v) is 21.2. The average Bonchev–Trinajstić information content (AvgIpc) is 3.24. The summed E-state index contributed by atoms with van der Waals surface area (Å²) < 4.78 is 45.9. The third-order valence-electron chi connectivity index (χ3n) is 6.56. The van der Waals surface area contributed by atoms with Gasteiger partial charge in [-0.15, -0.1) is 0 Å². The largest absolute Gasteiger partial charge is 0.469 e. The Bertz CT molecular complexity index is 1320. The number of aromatic nitrogens is 2. The first kappa shape index (κ1) is 26.3. The molecule has 1 amide bonds. The Labute approximate surface area is 215 Å². The highest BCUT2D eigenvalue weighted by atomic mass is 35.5. The quantitative estimate of drug-likeness (QED) is 0.364. The van der Waals surface area contributed by atoms with Crippen LogP contribution in [0.2, 0.25) is 10.0 Å². The number of hydrogen-bond donors (Lipinski definition) is 0. The van der Waals surface area contributed by atoms with Crippen LogP contribution in [0.25, 0.3) is 10.9 Å². The lowest BCUT2D eigenvalue weighted by Gasteiger charge is -2.32. The molecule has 1 aliphatic rings. The Morgan fingerprint density at radius 2 is 1.86 bits per heavy atom. The second-order valence-corrected chi connectivity index (χ2v) is 9.72. The molecule has 3 aromatic rings. The smallest absolute Gasteiger partial charge is 0.416 e. The molecule has 11 heteroatoms. The van der Waals surface area contributed by atoms with Crippen molar-refractivity contribution >= 4 is 46.0 Å². The maximum Gasteiger partial charge on any atom is 0.416 e. The number of esters is 1. The number of nitrogens with zero attached hydrogens (tertiary/aromatic N) is 3. The molecule has 0 bridgehead atoms. The summed E-state index contributed by atoms with van der Waals surface area (Å²) in [6.45, 7) is 2.64. The second-order valence-electron chi connectivity index (χ2n) is 8.93.